The van der Waals surface area contributed by atoms with Crippen molar-refractivity contribution < 1.29 is 9.59 Å². The summed E-state index contributed by atoms with van der Waals surface area (Å²) >= 11 is 0. The highest BCUT2D eigenvalue weighted by Crippen LogP contribution is 2.16. The lowest BCUT2D eigenvalue weighted by molar-refractivity contribution is 0.100. The number of aryl methyl sites for hydroxylation is 1. The quantitative estimate of drug-likeness (QED) is 0.742. The SMILES string of the molecule is CC(=O)c1cccc(NC(=O)c2nnn(-c3ccc(C)cc3)c2C)c1. The van der Waals surface area contributed by atoms with Gasteiger partial charge in [-0.3, -0.25) is 9.59 Å². The minimum atomic E-state index is -0.364. The van der Waals surface area contributed by atoms with E-state index in [1.807, 2.05) is 31.2 Å². The Morgan fingerprint density at radius 1 is 1.04 bits per heavy atom. The zero-order chi connectivity index (χ0) is 18.0. The number of aromatic nitrogens is 3. The highest BCUT2D eigenvalue weighted by molar-refractivity contribution is 6.04. The molecule has 0 aliphatic rings. The summed E-state index contributed by atoms with van der Waals surface area (Å²) in [7, 11) is 0. The third kappa shape index (κ3) is 3.47. The number of amides is 1. The predicted octanol–water partition coefficient (Wildman–Crippen LogP) is 3.34. The van der Waals surface area contributed by atoms with Gasteiger partial charge in [0.15, 0.2) is 11.5 Å². The summed E-state index contributed by atoms with van der Waals surface area (Å²) in [5.74, 6) is -0.422. The number of Topliss-reactive ketones (excluding diaryl/α,β-unsaturated/α-hetero) is 1. The monoisotopic (exact) mass is 334 g/mol. The summed E-state index contributed by atoms with van der Waals surface area (Å²) in [6.45, 7) is 5.28. The van der Waals surface area contributed by atoms with Crippen LogP contribution in [0.15, 0.2) is 48.5 Å². The fourth-order valence-electron chi connectivity index (χ4n) is 2.48. The molecule has 0 unspecified atom stereocenters. The molecule has 3 aromatic rings. The number of nitrogens with one attached hydrogen (secondary N) is 1. The first-order valence-corrected chi connectivity index (χ1v) is 7.87. The molecule has 6 heteroatoms. The lowest BCUT2D eigenvalue weighted by Gasteiger charge is -2.06. The van der Waals surface area contributed by atoms with Crippen LogP contribution in [0.2, 0.25) is 0 Å². The maximum Gasteiger partial charge on any atom is 0.278 e. The largest absolute Gasteiger partial charge is 0.321 e. The third-order valence-corrected chi connectivity index (χ3v) is 3.92. The second-order valence-corrected chi connectivity index (χ2v) is 5.86. The van der Waals surface area contributed by atoms with Crippen LogP contribution in [0.25, 0.3) is 5.69 Å². The van der Waals surface area contributed by atoms with E-state index in [0.717, 1.165) is 11.3 Å². The fourth-order valence-corrected chi connectivity index (χ4v) is 2.48. The molecular weight excluding hydrogens is 316 g/mol. The molecule has 0 spiro atoms. The van der Waals surface area contributed by atoms with Crippen LogP contribution in [0.5, 0.6) is 0 Å². The van der Waals surface area contributed by atoms with Gasteiger partial charge in [-0.15, -0.1) is 5.10 Å². The van der Waals surface area contributed by atoms with Crippen molar-refractivity contribution in [1.82, 2.24) is 15.0 Å². The maximum atomic E-state index is 12.5. The van der Waals surface area contributed by atoms with Crippen LogP contribution in [0.4, 0.5) is 5.69 Å². The van der Waals surface area contributed by atoms with Crippen molar-refractivity contribution in [1.29, 1.82) is 0 Å². The molecule has 0 bridgehead atoms. The molecule has 3 rings (SSSR count). The molecule has 0 radical (unpaired) electrons. The Labute approximate surface area is 145 Å². The Bertz CT molecular complexity index is 942. The number of benzene rings is 2. The van der Waals surface area contributed by atoms with E-state index in [1.165, 1.54) is 6.92 Å². The molecule has 0 saturated carbocycles. The average Bonchev–Trinajstić information content (AvgIpc) is 2.97. The molecule has 0 aliphatic carbocycles. The normalized spacial score (nSPS) is 10.5. The van der Waals surface area contributed by atoms with Crippen molar-refractivity contribution in [3.05, 3.63) is 71.0 Å². The second kappa shape index (κ2) is 6.68. The van der Waals surface area contributed by atoms with Gasteiger partial charge in [0.25, 0.3) is 5.91 Å². The number of ketones is 1. The Morgan fingerprint density at radius 3 is 2.44 bits per heavy atom. The Morgan fingerprint density at radius 2 is 1.76 bits per heavy atom. The standard InChI is InChI=1S/C19H18N4O2/c1-12-7-9-17(10-8-12)23-13(2)18(21-22-23)19(25)20-16-6-4-5-15(11-16)14(3)24/h4-11H,1-3H3,(H,20,25). The number of carbonyl (C=O) groups excluding carboxylic acids is 2. The van der Waals surface area contributed by atoms with Crippen LogP contribution in [0.1, 0.15) is 39.0 Å². The molecule has 0 atom stereocenters. The predicted molar refractivity (Wildman–Crippen MR) is 95.2 cm³/mol. The molecule has 1 N–H and O–H groups in total. The molecular formula is C19H18N4O2. The minimum Gasteiger partial charge on any atom is -0.321 e. The lowest BCUT2D eigenvalue weighted by atomic mass is 10.1. The Balaban J connectivity index is 1.85. The first kappa shape index (κ1) is 16.6. The molecule has 0 fully saturated rings. The number of nitrogens with zero attached hydrogens (tertiary/aromatic N) is 3. The van der Waals surface area contributed by atoms with Gasteiger partial charge in [0.05, 0.1) is 11.4 Å². The molecule has 25 heavy (non-hydrogen) atoms. The second-order valence-electron chi connectivity index (χ2n) is 5.86. The van der Waals surface area contributed by atoms with E-state index in [9.17, 15) is 9.59 Å². The van der Waals surface area contributed by atoms with Crippen LogP contribution >= 0.6 is 0 Å². The molecule has 2 aromatic carbocycles. The van der Waals surface area contributed by atoms with E-state index in [-0.39, 0.29) is 17.4 Å². The Hall–Kier alpha value is -3.28. The van der Waals surface area contributed by atoms with Crippen molar-refractivity contribution >= 4 is 17.4 Å². The fraction of sp³-hybridized carbons (Fsp3) is 0.158. The Kier molecular flexibility index (Phi) is 4.43. The summed E-state index contributed by atoms with van der Waals surface area (Å²) in [6.07, 6.45) is 0. The highest BCUT2D eigenvalue weighted by atomic mass is 16.2. The van der Waals surface area contributed by atoms with Gasteiger partial charge < -0.3 is 5.32 Å². The van der Waals surface area contributed by atoms with Crippen LogP contribution in [0, 0.1) is 13.8 Å². The first-order chi connectivity index (χ1) is 12.0. The van der Waals surface area contributed by atoms with Gasteiger partial charge in [0.1, 0.15) is 0 Å². The maximum absolute atomic E-state index is 12.5. The van der Waals surface area contributed by atoms with Crippen molar-refractivity contribution in [3.8, 4) is 5.69 Å². The molecule has 1 heterocycles. The van der Waals surface area contributed by atoms with Crippen LogP contribution in [0.3, 0.4) is 0 Å². The summed E-state index contributed by atoms with van der Waals surface area (Å²) < 4.78 is 1.63. The van der Waals surface area contributed by atoms with Crippen molar-refractivity contribution in [2.75, 3.05) is 5.32 Å². The third-order valence-electron chi connectivity index (χ3n) is 3.92. The molecule has 0 aliphatic heterocycles. The molecule has 126 valence electrons. The van der Waals surface area contributed by atoms with Gasteiger partial charge in [-0.25, -0.2) is 4.68 Å². The summed E-state index contributed by atoms with van der Waals surface area (Å²) in [5, 5.41) is 10.8. The van der Waals surface area contributed by atoms with Crippen molar-refractivity contribution in [3.63, 3.8) is 0 Å². The van der Waals surface area contributed by atoms with Crippen molar-refractivity contribution in [2.45, 2.75) is 20.8 Å². The van der Waals surface area contributed by atoms with Gasteiger partial charge in [-0.05, 0) is 45.0 Å². The average molecular weight is 334 g/mol. The van der Waals surface area contributed by atoms with E-state index in [2.05, 4.69) is 15.6 Å². The number of carbonyl (C=O) groups is 2. The zero-order valence-electron chi connectivity index (χ0n) is 14.3. The van der Waals surface area contributed by atoms with Crippen LogP contribution in [-0.4, -0.2) is 26.7 Å². The lowest BCUT2D eigenvalue weighted by Crippen LogP contribution is -2.14. The van der Waals surface area contributed by atoms with Crippen LogP contribution < -0.4 is 5.32 Å². The minimum absolute atomic E-state index is 0.0578. The van der Waals surface area contributed by atoms with E-state index in [4.69, 9.17) is 0 Å². The molecule has 6 nitrogen and oxygen atoms in total. The number of anilines is 1. The van der Waals surface area contributed by atoms with E-state index in [1.54, 1.807) is 35.9 Å². The smallest absolute Gasteiger partial charge is 0.278 e. The zero-order valence-corrected chi connectivity index (χ0v) is 14.3. The molecule has 1 aromatic heterocycles. The summed E-state index contributed by atoms with van der Waals surface area (Å²) in [5.41, 5.74) is 3.95. The van der Waals surface area contributed by atoms with Gasteiger partial charge in [0.2, 0.25) is 0 Å². The number of hydrogen-bond acceptors (Lipinski definition) is 4. The van der Waals surface area contributed by atoms with Gasteiger partial charge in [-0.2, -0.15) is 0 Å². The van der Waals surface area contributed by atoms with Gasteiger partial charge in [-0.1, -0.05) is 35.0 Å². The van der Waals surface area contributed by atoms with E-state index in [0.29, 0.717) is 16.9 Å². The number of rotatable bonds is 4. The number of hydrogen-bond donors (Lipinski definition) is 1. The summed E-state index contributed by atoms with van der Waals surface area (Å²) in [6, 6.07) is 14.6. The summed E-state index contributed by atoms with van der Waals surface area (Å²) in [4.78, 5) is 24.0. The van der Waals surface area contributed by atoms with Gasteiger partial charge >= 0.3 is 0 Å². The topological polar surface area (TPSA) is 76.9 Å². The van der Waals surface area contributed by atoms with Crippen LogP contribution in [-0.2, 0) is 0 Å². The molecule has 0 saturated heterocycles. The van der Waals surface area contributed by atoms with E-state index >= 15 is 0 Å². The van der Waals surface area contributed by atoms with E-state index < -0.39 is 0 Å². The van der Waals surface area contributed by atoms with Crippen molar-refractivity contribution in [2.24, 2.45) is 0 Å². The van der Waals surface area contributed by atoms with Gasteiger partial charge in [0, 0.05) is 11.3 Å². The highest BCUT2D eigenvalue weighted by Gasteiger charge is 2.17. The molecule has 1 amide bonds. The first-order valence-electron chi connectivity index (χ1n) is 7.87.